The Hall–Kier alpha value is -1.88. The summed E-state index contributed by atoms with van der Waals surface area (Å²) in [5, 5.41) is 1.26. The molecule has 1 fully saturated rings. The molecule has 1 saturated heterocycles. The first kappa shape index (κ1) is 16.0. The highest BCUT2D eigenvalue weighted by molar-refractivity contribution is 8.13. The second kappa shape index (κ2) is 7.13. The summed E-state index contributed by atoms with van der Waals surface area (Å²) < 4.78 is 0. The molecule has 2 heterocycles. The van der Waals surface area contributed by atoms with E-state index in [1.54, 1.807) is 6.92 Å². The first-order valence-corrected chi connectivity index (χ1v) is 8.86. The fourth-order valence-electron chi connectivity index (χ4n) is 3.04. The van der Waals surface area contributed by atoms with Crippen molar-refractivity contribution in [1.29, 1.82) is 0 Å². The van der Waals surface area contributed by atoms with Gasteiger partial charge in [0.1, 0.15) is 0 Å². The number of fused-ring (bicyclic) bond motifs is 1. The van der Waals surface area contributed by atoms with Gasteiger partial charge in [-0.05, 0) is 24.0 Å². The molecule has 1 aromatic heterocycles. The number of pyridine rings is 1. The minimum atomic E-state index is 0.123. The zero-order chi connectivity index (χ0) is 16.2. The molecule has 1 unspecified atom stereocenters. The number of benzene rings is 1. The molecule has 0 saturated carbocycles. The number of thioether (sulfide) groups is 1. The largest absolute Gasteiger partial charge is 0.342 e. The zero-order valence-electron chi connectivity index (χ0n) is 13.2. The Bertz CT molecular complexity index is 727. The lowest BCUT2D eigenvalue weighted by Crippen LogP contribution is -2.27. The summed E-state index contributed by atoms with van der Waals surface area (Å²) in [6, 6.07) is 10.2. The number of amides is 1. The van der Waals surface area contributed by atoms with Gasteiger partial charge in [0.25, 0.3) is 0 Å². The van der Waals surface area contributed by atoms with E-state index >= 15 is 0 Å². The summed E-state index contributed by atoms with van der Waals surface area (Å²) in [4.78, 5) is 29.6. The lowest BCUT2D eigenvalue weighted by atomic mass is 10.1. The Balaban J connectivity index is 1.61. The van der Waals surface area contributed by atoms with Crippen molar-refractivity contribution in [2.24, 2.45) is 5.92 Å². The zero-order valence-corrected chi connectivity index (χ0v) is 14.0. The number of nitrogens with zero attached hydrogens (tertiary/aromatic N) is 2. The fourth-order valence-corrected chi connectivity index (χ4v) is 3.74. The average molecular weight is 328 g/mol. The number of carbonyl (C=O) groups is 2. The molecule has 5 heteroatoms. The number of hydrogen-bond acceptors (Lipinski definition) is 4. The Labute approximate surface area is 140 Å². The molecule has 1 amide bonds. The highest BCUT2D eigenvalue weighted by Gasteiger charge is 2.29. The van der Waals surface area contributed by atoms with E-state index in [1.165, 1.54) is 17.3 Å². The number of likely N-dealkylation sites (tertiary alicyclic amines) is 1. The smallest absolute Gasteiger partial charge is 0.222 e. The van der Waals surface area contributed by atoms with Gasteiger partial charge in [-0.2, -0.15) is 0 Å². The summed E-state index contributed by atoms with van der Waals surface area (Å²) in [7, 11) is 0. The molecule has 4 nitrogen and oxygen atoms in total. The second-order valence-corrected chi connectivity index (χ2v) is 7.15. The fraction of sp³-hybridized carbons (Fsp3) is 0.389. The third kappa shape index (κ3) is 3.91. The third-order valence-electron chi connectivity index (χ3n) is 4.18. The van der Waals surface area contributed by atoms with E-state index in [-0.39, 0.29) is 11.0 Å². The normalized spacial score (nSPS) is 17.9. The summed E-state index contributed by atoms with van der Waals surface area (Å²) in [6.07, 6.45) is 3.18. The summed E-state index contributed by atoms with van der Waals surface area (Å²) >= 11 is 1.32. The molecule has 120 valence electrons. The van der Waals surface area contributed by atoms with Crippen molar-refractivity contribution in [3.05, 3.63) is 42.1 Å². The highest BCUT2D eigenvalue weighted by Crippen LogP contribution is 2.23. The van der Waals surface area contributed by atoms with Gasteiger partial charge >= 0.3 is 0 Å². The van der Waals surface area contributed by atoms with Crippen LogP contribution in [0.1, 0.15) is 18.9 Å². The van der Waals surface area contributed by atoms with Crippen molar-refractivity contribution in [3.63, 3.8) is 0 Å². The molecular formula is C18H20N2O2S. The molecular weight excluding hydrogens is 308 g/mol. The monoisotopic (exact) mass is 328 g/mol. The van der Waals surface area contributed by atoms with Crippen LogP contribution in [0.4, 0.5) is 0 Å². The van der Waals surface area contributed by atoms with Crippen molar-refractivity contribution in [2.75, 3.05) is 18.8 Å². The number of para-hydroxylation sites is 1. The SMILES string of the molecule is CC(=O)SCC1CC(=O)N(CCc2cccc3cccnc23)C1. The highest BCUT2D eigenvalue weighted by atomic mass is 32.2. The van der Waals surface area contributed by atoms with E-state index in [2.05, 4.69) is 23.2 Å². The number of aromatic nitrogens is 1. The van der Waals surface area contributed by atoms with E-state index in [0.29, 0.717) is 12.3 Å². The lowest BCUT2D eigenvalue weighted by Gasteiger charge is -2.17. The maximum atomic E-state index is 12.1. The van der Waals surface area contributed by atoms with E-state index in [4.69, 9.17) is 0 Å². The van der Waals surface area contributed by atoms with Crippen LogP contribution >= 0.6 is 11.8 Å². The molecule has 1 aromatic carbocycles. The van der Waals surface area contributed by atoms with Gasteiger partial charge < -0.3 is 4.90 Å². The Morgan fingerprint density at radius 2 is 2.17 bits per heavy atom. The predicted molar refractivity (Wildman–Crippen MR) is 93.3 cm³/mol. The van der Waals surface area contributed by atoms with Crippen LogP contribution < -0.4 is 0 Å². The number of carbonyl (C=O) groups excluding carboxylic acids is 2. The van der Waals surface area contributed by atoms with E-state index < -0.39 is 0 Å². The molecule has 1 atom stereocenters. The summed E-state index contributed by atoms with van der Waals surface area (Å²) in [6.45, 7) is 3.06. The Morgan fingerprint density at radius 1 is 1.35 bits per heavy atom. The van der Waals surface area contributed by atoms with Crippen LogP contribution in [0.5, 0.6) is 0 Å². The van der Waals surface area contributed by atoms with Gasteiger partial charge in [-0.3, -0.25) is 14.6 Å². The van der Waals surface area contributed by atoms with Crippen molar-refractivity contribution >= 4 is 33.7 Å². The van der Waals surface area contributed by atoms with Gasteiger partial charge in [0, 0.05) is 43.8 Å². The first-order chi connectivity index (χ1) is 11.1. The second-order valence-electron chi connectivity index (χ2n) is 5.95. The first-order valence-electron chi connectivity index (χ1n) is 7.87. The van der Waals surface area contributed by atoms with Crippen molar-refractivity contribution in [3.8, 4) is 0 Å². The van der Waals surface area contributed by atoms with Gasteiger partial charge in [0.05, 0.1) is 5.52 Å². The van der Waals surface area contributed by atoms with Crippen LogP contribution in [0.3, 0.4) is 0 Å². The number of rotatable bonds is 5. The van der Waals surface area contributed by atoms with Gasteiger partial charge in [0.15, 0.2) is 5.12 Å². The molecule has 0 bridgehead atoms. The lowest BCUT2D eigenvalue weighted by molar-refractivity contribution is -0.127. The molecule has 0 N–H and O–H groups in total. The molecule has 0 radical (unpaired) electrons. The summed E-state index contributed by atoms with van der Waals surface area (Å²) in [5.41, 5.74) is 2.20. The maximum absolute atomic E-state index is 12.1. The maximum Gasteiger partial charge on any atom is 0.222 e. The van der Waals surface area contributed by atoms with Crippen LogP contribution in [0.25, 0.3) is 10.9 Å². The Morgan fingerprint density at radius 3 is 3.00 bits per heavy atom. The minimum Gasteiger partial charge on any atom is -0.342 e. The molecule has 0 aliphatic carbocycles. The third-order valence-corrected chi connectivity index (χ3v) is 5.23. The summed E-state index contributed by atoms with van der Waals surface area (Å²) in [5.74, 6) is 1.24. The van der Waals surface area contributed by atoms with Gasteiger partial charge in [-0.1, -0.05) is 36.0 Å². The van der Waals surface area contributed by atoms with E-state index in [9.17, 15) is 9.59 Å². The topological polar surface area (TPSA) is 50.3 Å². The van der Waals surface area contributed by atoms with Gasteiger partial charge in [-0.25, -0.2) is 0 Å². The quantitative estimate of drug-likeness (QED) is 0.847. The molecule has 0 spiro atoms. The molecule has 1 aliphatic heterocycles. The van der Waals surface area contributed by atoms with E-state index in [1.807, 2.05) is 23.2 Å². The van der Waals surface area contributed by atoms with Crippen LogP contribution in [0, 0.1) is 5.92 Å². The van der Waals surface area contributed by atoms with Crippen molar-refractivity contribution in [2.45, 2.75) is 19.8 Å². The van der Waals surface area contributed by atoms with Crippen LogP contribution in [-0.2, 0) is 16.0 Å². The standard InChI is InChI=1S/C18H20N2O2S/c1-13(21)23-12-14-10-17(22)20(11-14)9-7-16-5-2-4-15-6-3-8-19-18(15)16/h2-6,8,14H,7,9-12H2,1H3. The minimum absolute atomic E-state index is 0.123. The number of hydrogen-bond donors (Lipinski definition) is 0. The van der Waals surface area contributed by atoms with Crippen LogP contribution in [0.2, 0.25) is 0 Å². The van der Waals surface area contributed by atoms with E-state index in [0.717, 1.165) is 36.2 Å². The average Bonchev–Trinajstić information content (AvgIpc) is 2.91. The molecule has 3 rings (SSSR count). The van der Waals surface area contributed by atoms with Gasteiger partial charge in [-0.15, -0.1) is 0 Å². The molecule has 23 heavy (non-hydrogen) atoms. The van der Waals surface area contributed by atoms with Crippen LogP contribution in [0.15, 0.2) is 36.5 Å². The predicted octanol–water partition coefficient (Wildman–Crippen LogP) is 2.91. The Kier molecular flexibility index (Phi) is 4.96. The van der Waals surface area contributed by atoms with Crippen molar-refractivity contribution < 1.29 is 9.59 Å². The van der Waals surface area contributed by atoms with Crippen molar-refractivity contribution in [1.82, 2.24) is 9.88 Å². The molecule has 1 aliphatic rings. The van der Waals surface area contributed by atoms with Crippen LogP contribution in [-0.4, -0.2) is 39.7 Å². The van der Waals surface area contributed by atoms with Gasteiger partial charge in [0.2, 0.25) is 5.91 Å². The molecule has 2 aromatic rings.